The Kier molecular flexibility index (Phi) is 3.69. The zero-order chi connectivity index (χ0) is 13.9. The average Bonchev–Trinajstić information content (AvgIpc) is 2.47. The number of hydrogen-bond acceptors (Lipinski definition) is 4. The van der Waals surface area contributed by atoms with Crippen molar-refractivity contribution in [1.82, 2.24) is 14.7 Å². The van der Waals surface area contributed by atoms with Crippen molar-refractivity contribution >= 4 is 5.65 Å². The minimum Gasteiger partial charge on any atom is -0.506 e. The Morgan fingerprint density at radius 3 is 2.95 bits per heavy atom. The summed E-state index contributed by atoms with van der Waals surface area (Å²) in [5, 5.41) is 12.8. The van der Waals surface area contributed by atoms with Crippen LogP contribution in [0, 0.1) is 5.92 Å². The molecule has 0 bridgehead atoms. The van der Waals surface area contributed by atoms with Crippen LogP contribution in [0.1, 0.15) is 25.0 Å². The molecule has 2 N–H and O–H groups in total. The zero-order valence-corrected chi connectivity index (χ0v) is 11.4. The molecule has 1 aliphatic heterocycles. The lowest BCUT2D eigenvalue weighted by Crippen LogP contribution is -2.28. The standard InChI is InChI=1S/C15H19N3O2/c19-13-3-4-14-17-12(9-15(20)18(14)10-13)2-1-11-5-7-16-8-6-11/h3-4,9-11,16,19H,1-2,5-8H2. The van der Waals surface area contributed by atoms with Crippen molar-refractivity contribution in [2.75, 3.05) is 13.1 Å². The number of pyridine rings is 1. The van der Waals surface area contributed by atoms with Gasteiger partial charge in [0.25, 0.3) is 5.56 Å². The third-order valence-corrected chi connectivity index (χ3v) is 3.96. The smallest absolute Gasteiger partial charge is 0.258 e. The molecule has 2 aromatic heterocycles. The molecule has 0 unspecified atom stereocenters. The topological polar surface area (TPSA) is 66.6 Å². The predicted molar refractivity (Wildman–Crippen MR) is 77.0 cm³/mol. The summed E-state index contributed by atoms with van der Waals surface area (Å²) >= 11 is 0. The van der Waals surface area contributed by atoms with Crippen LogP contribution in [0.3, 0.4) is 0 Å². The highest BCUT2D eigenvalue weighted by Crippen LogP contribution is 2.18. The van der Waals surface area contributed by atoms with Crippen molar-refractivity contribution in [2.45, 2.75) is 25.7 Å². The molecular weight excluding hydrogens is 254 g/mol. The summed E-state index contributed by atoms with van der Waals surface area (Å²) in [6.45, 7) is 2.19. The second kappa shape index (κ2) is 5.63. The third-order valence-electron chi connectivity index (χ3n) is 3.96. The highest BCUT2D eigenvalue weighted by atomic mass is 16.3. The van der Waals surface area contributed by atoms with Crippen molar-refractivity contribution in [3.05, 3.63) is 40.4 Å². The molecule has 1 fully saturated rings. The highest BCUT2D eigenvalue weighted by Gasteiger charge is 2.13. The van der Waals surface area contributed by atoms with Gasteiger partial charge in [-0.15, -0.1) is 0 Å². The van der Waals surface area contributed by atoms with Gasteiger partial charge in [-0.25, -0.2) is 4.98 Å². The summed E-state index contributed by atoms with van der Waals surface area (Å²) in [5.41, 5.74) is 1.31. The number of aromatic nitrogens is 2. The monoisotopic (exact) mass is 273 g/mol. The van der Waals surface area contributed by atoms with Gasteiger partial charge in [0.1, 0.15) is 11.4 Å². The Morgan fingerprint density at radius 1 is 1.35 bits per heavy atom. The molecule has 0 radical (unpaired) electrons. The van der Waals surface area contributed by atoms with Gasteiger partial charge in [-0.2, -0.15) is 0 Å². The van der Waals surface area contributed by atoms with Crippen LogP contribution < -0.4 is 10.9 Å². The molecule has 5 nitrogen and oxygen atoms in total. The molecule has 106 valence electrons. The summed E-state index contributed by atoms with van der Waals surface area (Å²) in [7, 11) is 0. The van der Waals surface area contributed by atoms with Crippen LogP contribution in [0.15, 0.2) is 29.2 Å². The van der Waals surface area contributed by atoms with E-state index in [0.29, 0.717) is 5.65 Å². The summed E-state index contributed by atoms with van der Waals surface area (Å²) in [4.78, 5) is 16.5. The first kappa shape index (κ1) is 13.1. The number of piperidine rings is 1. The number of rotatable bonds is 3. The molecule has 0 spiro atoms. The maximum Gasteiger partial charge on any atom is 0.258 e. The Labute approximate surface area is 117 Å². The average molecular weight is 273 g/mol. The number of aromatic hydroxyl groups is 1. The van der Waals surface area contributed by atoms with E-state index in [-0.39, 0.29) is 11.3 Å². The number of nitrogens with one attached hydrogen (secondary N) is 1. The van der Waals surface area contributed by atoms with Crippen LogP contribution in [-0.2, 0) is 6.42 Å². The van der Waals surface area contributed by atoms with Crippen LogP contribution in [0.25, 0.3) is 5.65 Å². The fourth-order valence-electron chi connectivity index (χ4n) is 2.79. The molecule has 20 heavy (non-hydrogen) atoms. The predicted octanol–water partition coefficient (Wildman–Crippen LogP) is 1.33. The molecule has 5 heteroatoms. The summed E-state index contributed by atoms with van der Waals surface area (Å²) in [5.74, 6) is 0.806. The molecule has 1 aliphatic rings. The summed E-state index contributed by atoms with van der Waals surface area (Å²) in [6.07, 6.45) is 5.75. The maximum atomic E-state index is 12.0. The van der Waals surface area contributed by atoms with Crippen molar-refractivity contribution in [2.24, 2.45) is 5.92 Å². The van der Waals surface area contributed by atoms with Crippen molar-refractivity contribution < 1.29 is 5.11 Å². The SMILES string of the molecule is O=c1cc(CCC2CCNCC2)nc2ccc(O)cn12. The van der Waals surface area contributed by atoms with E-state index in [1.165, 1.54) is 23.4 Å². The van der Waals surface area contributed by atoms with Gasteiger partial charge in [-0.3, -0.25) is 9.20 Å². The fraction of sp³-hybridized carbons (Fsp3) is 0.467. The lowest BCUT2D eigenvalue weighted by atomic mass is 9.92. The zero-order valence-electron chi connectivity index (χ0n) is 11.4. The van der Waals surface area contributed by atoms with Gasteiger partial charge in [-0.1, -0.05) is 0 Å². The van der Waals surface area contributed by atoms with E-state index in [1.807, 2.05) is 0 Å². The van der Waals surface area contributed by atoms with Gasteiger partial charge in [0.05, 0.1) is 6.20 Å². The molecule has 0 aromatic carbocycles. The van der Waals surface area contributed by atoms with E-state index >= 15 is 0 Å². The van der Waals surface area contributed by atoms with Crippen LogP contribution in [-0.4, -0.2) is 27.6 Å². The minimum atomic E-state index is -0.133. The largest absolute Gasteiger partial charge is 0.506 e. The molecule has 3 heterocycles. The Balaban J connectivity index is 1.78. The second-order valence-corrected chi connectivity index (χ2v) is 5.43. The van der Waals surface area contributed by atoms with E-state index in [9.17, 15) is 9.90 Å². The van der Waals surface area contributed by atoms with Crippen LogP contribution in [0.2, 0.25) is 0 Å². The Hall–Kier alpha value is -1.88. The van der Waals surface area contributed by atoms with Crippen LogP contribution in [0.4, 0.5) is 0 Å². The van der Waals surface area contributed by atoms with Crippen LogP contribution in [0.5, 0.6) is 5.75 Å². The van der Waals surface area contributed by atoms with Crippen molar-refractivity contribution in [3.63, 3.8) is 0 Å². The molecule has 0 aliphatic carbocycles. The van der Waals surface area contributed by atoms with E-state index < -0.39 is 0 Å². The first-order valence-corrected chi connectivity index (χ1v) is 7.14. The Morgan fingerprint density at radius 2 is 2.15 bits per heavy atom. The van der Waals surface area contributed by atoms with Gasteiger partial charge in [0, 0.05) is 11.8 Å². The van der Waals surface area contributed by atoms with E-state index in [2.05, 4.69) is 10.3 Å². The normalized spacial score (nSPS) is 16.6. The van der Waals surface area contributed by atoms with Crippen LogP contribution >= 0.6 is 0 Å². The molecule has 0 atom stereocenters. The third kappa shape index (κ3) is 2.82. The first-order valence-electron chi connectivity index (χ1n) is 7.14. The van der Waals surface area contributed by atoms with Gasteiger partial charge < -0.3 is 10.4 Å². The summed E-state index contributed by atoms with van der Waals surface area (Å²) < 4.78 is 1.38. The van der Waals surface area contributed by atoms with Gasteiger partial charge in [0.2, 0.25) is 0 Å². The Bertz CT molecular complexity index is 660. The number of aryl methyl sites for hydroxylation is 1. The fourth-order valence-corrected chi connectivity index (χ4v) is 2.79. The first-order chi connectivity index (χ1) is 9.72. The van der Waals surface area contributed by atoms with Gasteiger partial charge >= 0.3 is 0 Å². The van der Waals surface area contributed by atoms with Crippen molar-refractivity contribution in [1.29, 1.82) is 0 Å². The summed E-state index contributed by atoms with van der Waals surface area (Å²) in [6, 6.07) is 4.80. The number of hydrogen-bond donors (Lipinski definition) is 2. The second-order valence-electron chi connectivity index (χ2n) is 5.43. The van der Waals surface area contributed by atoms with Gasteiger partial charge in [0.15, 0.2) is 0 Å². The molecular formula is C15H19N3O2. The molecule has 2 aromatic rings. The van der Waals surface area contributed by atoms with E-state index in [0.717, 1.165) is 37.5 Å². The molecule has 0 amide bonds. The quantitative estimate of drug-likeness (QED) is 0.885. The number of nitrogens with zero attached hydrogens (tertiary/aromatic N) is 2. The molecule has 1 saturated heterocycles. The minimum absolute atomic E-state index is 0.0730. The molecule has 0 saturated carbocycles. The van der Waals surface area contributed by atoms with Crippen molar-refractivity contribution in [3.8, 4) is 5.75 Å². The van der Waals surface area contributed by atoms with E-state index in [4.69, 9.17) is 0 Å². The molecule has 3 rings (SSSR count). The van der Waals surface area contributed by atoms with Gasteiger partial charge in [-0.05, 0) is 56.8 Å². The lowest BCUT2D eigenvalue weighted by Gasteiger charge is -2.22. The highest BCUT2D eigenvalue weighted by molar-refractivity contribution is 5.41. The lowest BCUT2D eigenvalue weighted by molar-refractivity contribution is 0.353. The number of fused-ring (bicyclic) bond motifs is 1. The maximum absolute atomic E-state index is 12.0. The van der Waals surface area contributed by atoms with E-state index in [1.54, 1.807) is 18.2 Å².